The summed E-state index contributed by atoms with van der Waals surface area (Å²) in [5.41, 5.74) is 3.62. The van der Waals surface area contributed by atoms with E-state index >= 15 is 0 Å². The molecule has 1 unspecified atom stereocenters. The number of aromatic carboxylic acids is 1. The number of halogens is 3. The number of anilines is 3. The molecule has 0 fully saturated rings. The van der Waals surface area contributed by atoms with Gasteiger partial charge in [-0.3, -0.25) is 0 Å². The molecule has 0 saturated heterocycles. The van der Waals surface area contributed by atoms with Gasteiger partial charge >= 0.3 is 18.2 Å². The predicted molar refractivity (Wildman–Crippen MR) is 150 cm³/mol. The number of nitrogens with one attached hydrogen (secondary N) is 2. The number of rotatable bonds is 10. The monoisotopic (exact) mass is 541 g/mol. The van der Waals surface area contributed by atoms with Gasteiger partial charge in [-0.2, -0.15) is 13.2 Å². The van der Waals surface area contributed by atoms with Crippen molar-refractivity contribution in [3.8, 4) is 11.1 Å². The van der Waals surface area contributed by atoms with Crippen LogP contribution in [-0.2, 0) is 0 Å². The number of benzene rings is 3. The third kappa shape index (κ3) is 8.77. The molecule has 3 aromatic carbocycles. The van der Waals surface area contributed by atoms with E-state index in [1.165, 1.54) is 6.07 Å². The van der Waals surface area contributed by atoms with Crippen LogP contribution in [0.5, 0.6) is 0 Å². The van der Waals surface area contributed by atoms with Crippen molar-refractivity contribution in [3.05, 3.63) is 77.9 Å². The number of carboxylic acids is 1. The molecule has 6 nitrogen and oxygen atoms in total. The number of carbonyl (C=O) groups excluding carboxylic acids is 1. The molecule has 0 aromatic heterocycles. The van der Waals surface area contributed by atoms with Crippen LogP contribution in [0, 0.1) is 18.8 Å². The average molecular weight is 542 g/mol. The van der Waals surface area contributed by atoms with E-state index in [1.807, 2.05) is 37.8 Å². The highest BCUT2D eigenvalue weighted by molar-refractivity contribution is 6.03. The van der Waals surface area contributed by atoms with E-state index in [1.54, 1.807) is 55.5 Å². The van der Waals surface area contributed by atoms with Crippen molar-refractivity contribution in [1.82, 2.24) is 0 Å². The van der Waals surface area contributed by atoms with Crippen molar-refractivity contribution in [3.63, 3.8) is 0 Å². The van der Waals surface area contributed by atoms with Gasteiger partial charge in [-0.25, -0.2) is 9.59 Å². The topological polar surface area (TPSA) is 81.7 Å². The average Bonchev–Trinajstić information content (AvgIpc) is 2.83. The van der Waals surface area contributed by atoms with Crippen LogP contribution in [0.15, 0.2) is 66.7 Å². The molecule has 0 aliphatic rings. The van der Waals surface area contributed by atoms with E-state index in [-0.39, 0.29) is 18.0 Å². The van der Waals surface area contributed by atoms with Gasteiger partial charge in [-0.05, 0) is 60.2 Å². The molecule has 0 aliphatic heterocycles. The minimum absolute atomic E-state index is 0.0955. The molecular weight excluding hydrogens is 507 g/mol. The van der Waals surface area contributed by atoms with Gasteiger partial charge in [-0.1, -0.05) is 62.7 Å². The van der Waals surface area contributed by atoms with Gasteiger partial charge in [0.2, 0.25) is 0 Å². The summed E-state index contributed by atoms with van der Waals surface area (Å²) in [5.74, 6) is -1.65. The molecule has 0 aliphatic carbocycles. The number of aryl methyl sites for hydroxylation is 1. The van der Waals surface area contributed by atoms with Crippen molar-refractivity contribution in [2.75, 3.05) is 28.6 Å². The summed E-state index contributed by atoms with van der Waals surface area (Å²) < 4.78 is 39.3. The van der Waals surface area contributed by atoms with Gasteiger partial charge in [0.25, 0.3) is 0 Å². The predicted octanol–water partition coefficient (Wildman–Crippen LogP) is 8.06. The summed E-state index contributed by atoms with van der Waals surface area (Å²) in [7, 11) is 0. The summed E-state index contributed by atoms with van der Waals surface area (Å²) in [4.78, 5) is 26.7. The number of carbonyl (C=O) groups is 2. The Morgan fingerprint density at radius 1 is 0.923 bits per heavy atom. The molecule has 0 spiro atoms. The Morgan fingerprint density at radius 2 is 1.59 bits per heavy atom. The molecule has 0 radical (unpaired) electrons. The minimum atomic E-state index is -4.29. The molecule has 9 heteroatoms. The lowest BCUT2D eigenvalue weighted by molar-refractivity contribution is -0.142. The fourth-order valence-corrected chi connectivity index (χ4v) is 4.47. The number of hydrogen-bond donors (Lipinski definition) is 3. The summed E-state index contributed by atoms with van der Waals surface area (Å²) in [6.07, 6.45) is -5.22. The second-order valence-electron chi connectivity index (χ2n) is 10.3. The number of carboxylic acid groups (broad SMARTS) is 1. The second kappa shape index (κ2) is 12.7. The standard InChI is InChI=1S/C30H34F3N3O3/c1-19(2)17-36(18-21(4)16-30(31,32)33)27-14-11-22(24-7-5-6-8-25(24)28(37)38)15-26(27)35-29(39)34-23-12-9-20(3)10-13-23/h5-15,19,21H,16-18H2,1-4H3,(H,37,38)(H2,34,35,39). The van der Waals surface area contributed by atoms with E-state index in [0.29, 0.717) is 34.7 Å². The fraction of sp³-hybridized carbons (Fsp3) is 0.333. The van der Waals surface area contributed by atoms with E-state index in [0.717, 1.165) is 5.56 Å². The smallest absolute Gasteiger partial charge is 0.389 e. The summed E-state index contributed by atoms with van der Waals surface area (Å²) in [6, 6.07) is 18.3. The Bertz CT molecular complexity index is 1290. The Labute approximate surface area is 226 Å². The summed E-state index contributed by atoms with van der Waals surface area (Å²) >= 11 is 0. The lowest BCUT2D eigenvalue weighted by Crippen LogP contribution is -2.34. The maximum atomic E-state index is 13.1. The Hall–Kier alpha value is -4.01. The highest BCUT2D eigenvalue weighted by Crippen LogP contribution is 2.35. The Balaban J connectivity index is 2.03. The van der Waals surface area contributed by atoms with Crippen LogP contribution in [0.2, 0.25) is 0 Å². The molecule has 0 bridgehead atoms. The zero-order valence-electron chi connectivity index (χ0n) is 22.5. The molecule has 3 N–H and O–H groups in total. The molecule has 208 valence electrons. The van der Waals surface area contributed by atoms with E-state index in [4.69, 9.17) is 0 Å². The normalized spacial score (nSPS) is 12.2. The molecular formula is C30H34F3N3O3. The van der Waals surface area contributed by atoms with Crippen molar-refractivity contribution in [1.29, 1.82) is 0 Å². The van der Waals surface area contributed by atoms with Crippen molar-refractivity contribution in [2.45, 2.75) is 40.3 Å². The van der Waals surface area contributed by atoms with Crippen LogP contribution in [0.25, 0.3) is 11.1 Å². The SMILES string of the molecule is Cc1ccc(NC(=O)Nc2cc(-c3ccccc3C(=O)O)ccc2N(CC(C)C)CC(C)CC(F)(F)F)cc1. The first kappa shape index (κ1) is 29.5. The summed E-state index contributed by atoms with van der Waals surface area (Å²) in [5, 5.41) is 15.3. The van der Waals surface area contributed by atoms with Crippen molar-refractivity contribution < 1.29 is 27.9 Å². The molecule has 1 atom stereocenters. The van der Waals surface area contributed by atoms with Gasteiger partial charge in [0.1, 0.15) is 0 Å². The minimum Gasteiger partial charge on any atom is -0.478 e. The lowest BCUT2D eigenvalue weighted by atomic mass is 9.98. The number of hydrogen-bond acceptors (Lipinski definition) is 3. The van der Waals surface area contributed by atoms with Gasteiger partial charge in [0.15, 0.2) is 0 Å². The lowest BCUT2D eigenvalue weighted by Gasteiger charge is -2.32. The number of alkyl halides is 3. The van der Waals surface area contributed by atoms with Gasteiger partial charge in [0, 0.05) is 25.2 Å². The first-order chi connectivity index (χ1) is 18.3. The van der Waals surface area contributed by atoms with Crippen LogP contribution in [0.4, 0.5) is 35.0 Å². The first-order valence-corrected chi connectivity index (χ1v) is 12.8. The molecule has 0 heterocycles. The van der Waals surface area contributed by atoms with Gasteiger partial charge < -0.3 is 20.6 Å². The molecule has 3 aromatic rings. The van der Waals surface area contributed by atoms with Crippen LogP contribution in [-0.4, -0.2) is 36.4 Å². The quantitative estimate of drug-likeness (QED) is 0.243. The molecule has 3 rings (SSSR count). The van der Waals surface area contributed by atoms with E-state index in [2.05, 4.69) is 10.6 Å². The Kier molecular flexibility index (Phi) is 9.61. The fourth-order valence-electron chi connectivity index (χ4n) is 4.47. The van der Waals surface area contributed by atoms with E-state index in [9.17, 15) is 27.9 Å². The van der Waals surface area contributed by atoms with E-state index < -0.39 is 30.5 Å². The number of amides is 2. The zero-order chi connectivity index (χ0) is 28.7. The first-order valence-electron chi connectivity index (χ1n) is 12.8. The van der Waals surface area contributed by atoms with Crippen molar-refractivity contribution >= 4 is 29.1 Å². The number of nitrogens with zero attached hydrogens (tertiary/aromatic N) is 1. The highest BCUT2D eigenvalue weighted by atomic mass is 19.4. The van der Waals surface area contributed by atoms with Crippen LogP contribution in [0.1, 0.15) is 43.1 Å². The summed E-state index contributed by atoms with van der Waals surface area (Å²) in [6.45, 7) is 8.00. The van der Waals surface area contributed by atoms with Gasteiger partial charge in [0.05, 0.1) is 16.9 Å². The largest absolute Gasteiger partial charge is 0.478 e. The zero-order valence-corrected chi connectivity index (χ0v) is 22.5. The van der Waals surface area contributed by atoms with Crippen LogP contribution >= 0.6 is 0 Å². The molecule has 39 heavy (non-hydrogen) atoms. The maximum Gasteiger partial charge on any atom is 0.389 e. The molecule has 2 amide bonds. The third-order valence-corrected chi connectivity index (χ3v) is 6.06. The third-order valence-electron chi connectivity index (χ3n) is 6.06. The maximum absolute atomic E-state index is 13.1. The van der Waals surface area contributed by atoms with Crippen molar-refractivity contribution in [2.24, 2.45) is 11.8 Å². The van der Waals surface area contributed by atoms with Crippen LogP contribution in [0.3, 0.4) is 0 Å². The molecule has 0 saturated carbocycles. The van der Waals surface area contributed by atoms with Crippen LogP contribution < -0.4 is 15.5 Å². The highest BCUT2D eigenvalue weighted by Gasteiger charge is 2.31. The van der Waals surface area contributed by atoms with Gasteiger partial charge in [-0.15, -0.1) is 0 Å². The number of urea groups is 1. The Morgan fingerprint density at radius 3 is 2.21 bits per heavy atom. The second-order valence-corrected chi connectivity index (χ2v) is 10.3.